The number of nitrogens with zero attached hydrogens (tertiary/aromatic N) is 1. The Balaban J connectivity index is 1.18. The van der Waals surface area contributed by atoms with Crippen molar-refractivity contribution in [3.8, 4) is 0 Å². The summed E-state index contributed by atoms with van der Waals surface area (Å²) < 4.78 is 42.9. The number of rotatable bonds is 13. The lowest BCUT2D eigenvalue weighted by Crippen LogP contribution is -2.45. The molecule has 1 aliphatic heterocycles. The van der Waals surface area contributed by atoms with Gasteiger partial charge in [0.25, 0.3) is 5.03 Å². The smallest absolute Gasteiger partial charge is 0.251 e. The van der Waals surface area contributed by atoms with Crippen molar-refractivity contribution >= 4 is 33.4 Å². The van der Waals surface area contributed by atoms with Crippen LogP contribution in [0.3, 0.4) is 0 Å². The Morgan fingerprint density at radius 2 is 1.57 bits per heavy atom. The molecule has 51 heavy (non-hydrogen) atoms. The molecular formula is C39H39N3O7S2. The van der Waals surface area contributed by atoms with E-state index < -0.39 is 28.3 Å². The average Bonchev–Trinajstić information content (AvgIpc) is 3.15. The van der Waals surface area contributed by atoms with Crippen LogP contribution in [-0.2, 0) is 37.3 Å². The maximum atomic E-state index is 13.6. The molecule has 1 fully saturated rings. The molecule has 3 N–H and O–H groups in total. The lowest BCUT2D eigenvalue weighted by Gasteiger charge is -2.36. The number of aromatic nitrogens is 1. The first kappa shape index (κ1) is 36.2. The molecule has 0 aliphatic carbocycles. The molecule has 264 valence electrons. The van der Waals surface area contributed by atoms with Gasteiger partial charge in [0.2, 0.25) is 15.9 Å². The van der Waals surface area contributed by atoms with Crippen molar-refractivity contribution in [1.29, 1.82) is 0 Å². The summed E-state index contributed by atoms with van der Waals surface area (Å²) in [6.07, 6.45) is 0.870. The van der Waals surface area contributed by atoms with Gasteiger partial charge in [-0.3, -0.25) is 4.79 Å². The van der Waals surface area contributed by atoms with Crippen molar-refractivity contribution in [2.45, 2.75) is 60.8 Å². The Bertz CT molecular complexity index is 2010. The third-order valence-corrected chi connectivity index (χ3v) is 11.1. The summed E-state index contributed by atoms with van der Waals surface area (Å²) in [7, 11) is -3.99. The second-order valence-corrected chi connectivity index (χ2v) is 15.1. The number of aliphatic hydroxyl groups excluding tert-OH is 1. The maximum Gasteiger partial charge on any atom is 0.251 e. The van der Waals surface area contributed by atoms with E-state index in [2.05, 4.69) is 10.0 Å². The number of carbonyl (C=O) groups is 1. The molecule has 6 rings (SSSR count). The first-order chi connectivity index (χ1) is 24.7. The van der Waals surface area contributed by atoms with Crippen molar-refractivity contribution < 1.29 is 32.5 Å². The van der Waals surface area contributed by atoms with E-state index in [9.17, 15) is 23.5 Å². The van der Waals surface area contributed by atoms with E-state index in [1.54, 1.807) is 48.5 Å². The van der Waals surface area contributed by atoms with E-state index in [0.29, 0.717) is 22.9 Å². The molecule has 0 spiro atoms. The van der Waals surface area contributed by atoms with Crippen LogP contribution in [-0.4, -0.2) is 37.3 Å². The molecule has 4 aromatic carbocycles. The standard InChI is InChI=1S/C39H39N3O7S2/c1-27-10-20-34(21-11-27)51(46,47)41-35(23-28-7-3-2-4-8-28)38(44)40-32-18-16-31(17-19-32)39-48-33(26-50-37-9-5-6-22-42(37)45)24-36(49-39)30-14-12-29(25-43)13-15-30/h2-22,33,35-36,39,41,43H,23-26H2,1H3,(H,40,44). The summed E-state index contributed by atoms with van der Waals surface area (Å²) in [4.78, 5) is 13.7. The van der Waals surface area contributed by atoms with Crippen LogP contribution in [0.1, 0.15) is 46.6 Å². The van der Waals surface area contributed by atoms with Crippen LogP contribution in [0.5, 0.6) is 0 Å². The van der Waals surface area contributed by atoms with Crippen LogP contribution < -0.4 is 14.8 Å². The molecule has 1 amide bonds. The first-order valence-corrected chi connectivity index (χ1v) is 19.0. The monoisotopic (exact) mass is 725 g/mol. The topological polar surface area (TPSA) is 141 Å². The van der Waals surface area contributed by atoms with Gasteiger partial charge in [-0.15, -0.1) is 0 Å². The number of hydrogen-bond acceptors (Lipinski definition) is 8. The largest absolute Gasteiger partial charge is 0.618 e. The van der Waals surface area contributed by atoms with E-state index in [1.165, 1.54) is 30.1 Å². The predicted molar refractivity (Wildman–Crippen MR) is 195 cm³/mol. The summed E-state index contributed by atoms with van der Waals surface area (Å²) in [5.41, 5.74) is 4.65. The molecule has 1 saturated heterocycles. The highest BCUT2D eigenvalue weighted by molar-refractivity contribution is 7.99. The molecule has 0 radical (unpaired) electrons. The van der Waals surface area contributed by atoms with Crippen LogP contribution in [0.2, 0.25) is 0 Å². The van der Waals surface area contributed by atoms with Gasteiger partial charge in [0.15, 0.2) is 12.5 Å². The van der Waals surface area contributed by atoms with Gasteiger partial charge in [-0.05, 0) is 60.4 Å². The minimum Gasteiger partial charge on any atom is -0.618 e. The zero-order valence-electron chi connectivity index (χ0n) is 27.9. The highest BCUT2D eigenvalue weighted by Crippen LogP contribution is 2.39. The molecule has 1 aromatic heterocycles. The number of aryl methyl sites for hydroxylation is 1. The molecule has 12 heteroatoms. The Labute approximate surface area is 302 Å². The van der Waals surface area contributed by atoms with E-state index in [4.69, 9.17) is 9.47 Å². The molecule has 5 aromatic rings. The van der Waals surface area contributed by atoms with Crippen molar-refractivity contribution in [3.63, 3.8) is 0 Å². The summed E-state index contributed by atoms with van der Waals surface area (Å²) in [5, 5.41) is 25.2. The Morgan fingerprint density at radius 3 is 2.25 bits per heavy atom. The van der Waals surface area contributed by atoms with Crippen LogP contribution in [0, 0.1) is 12.1 Å². The Hall–Kier alpha value is -4.56. The van der Waals surface area contributed by atoms with E-state index in [-0.39, 0.29) is 30.1 Å². The number of sulfonamides is 1. The number of thioether (sulfide) groups is 1. The third-order valence-electron chi connectivity index (χ3n) is 8.50. The Morgan fingerprint density at radius 1 is 0.882 bits per heavy atom. The normalized spacial score (nSPS) is 18.2. The number of amides is 1. The first-order valence-electron chi connectivity index (χ1n) is 16.5. The van der Waals surface area contributed by atoms with Crippen molar-refractivity contribution in [2.75, 3.05) is 11.1 Å². The van der Waals surface area contributed by atoms with Crippen LogP contribution in [0.4, 0.5) is 5.69 Å². The van der Waals surface area contributed by atoms with Gasteiger partial charge in [0.05, 0.1) is 23.7 Å². The zero-order valence-corrected chi connectivity index (χ0v) is 29.6. The number of aliphatic hydroxyl groups is 1. The second kappa shape index (κ2) is 16.6. The van der Waals surface area contributed by atoms with Gasteiger partial charge >= 0.3 is 0 Å². The van der Waals surface area contributed by atoms with Crippen molar-refractivity contribution in [3.05, 3.63) is 161 Å². The quantitative estimate of drug-likeness (QED) is 0.0765. The minimum atomic E-state index is -3.99. The Kier molecular flexibility index (Phi) is 11.8. The molecule has 2 heterocycles. The van der Waals surface area contributed by atoms with E-state index in [0.717, 1.165) is 32.5 Å². The van der Waals surface area contributed by atoms with Crippen molar-refractivity contribution in [2.24, 2.45) is 0 Å². The fourth-order valence-corrected chi connectivity index (χ4v) is 7.82. The fourth-order valence-electron chi connectivity index (χ4n) is 5.69. The molecule has 10 nitrogen and oxygen atoms in total. The molecule has 4 atom stereocenters. The van der Waals surface area contributed by atoms with Gasteiger partial charge in [-0.2, -0.15) is 9.45 Å². The van der Waals surface area contributed by atoms with Crippen LogP contribution in [0.15, 0.2) is 137 Å². The summed E-state index contributed by atoms with van der Waals surface area (Å²) in [6.45, 7) is 1.81. The minimum absolute atomic E-state index is 0.0579. The molecular weight excluding hydrogens is 687 g/mol. The molecule has 0 bridgehead atoms. The van der Waals surface area contributed by atoms with Gasteiger partial charge in [-0.25, -0.2) is 8.42 Å². The zero-order chi connectivity index (χ0) is 35.8. The number of ether oxygens (including phenoxy) is 2. The second-order valence-electron chi connectivity index (χ2n) is 12.3. The number of carbonyl (C=O) groups excluding carboxylic acids is 1. The van der Waals surface area contributed by atoms with Crippen molar-refractivity contribution in [1.82, 2.24) is 4.72 Å². The summed E-state index contributed by atoms with van der Waals surface area (Å²) in [6, 6.07) is 34.5. The molecule has 4 unspecified atom stereocenters. The lowest BCUT2D eigenvalue weighted by atomic mass is 10.0. The highest BCUT2D eigenvalue weighted by Gasteiger charge is 2.33. The van der Waals surface area contributed by atoms with Gasteiger partial charge in [-0.1, -0.05) is 96.2 Å². The van der Waals surface area contributed by atoms with Gasteiger partial charge in [0.1, 0.15) is 6.04 Å². The van der Waals surface area contributed by atoms with E-state index >= 15 is 0 Å². The predicted octanol–water partition coefficient (Wildman–Crippen LogP) is 5.99. The lowest BCUT2D eigenvalue weighted by molar-refractivity contribution is -0.645. The number of nitrogens with one attached hydrogen (secondary N) is 2. The molecule has 1 aliphatic rings. The number of benzene rings is 4. The number of pyridine rings is 1. The third kappa shape index (κ3) is 9.61. The van der Waals surface area contributed by atoms with E-state index in [1.807, 2.05) is 67.6 Å². The SMILES string of the molecule is Cc1ccc(S(=O)(=O)NC(Cc2ccccc2)C(=O)Nc2ccc(C3OC(CSc4cccc[n+]4[O-])CC(c4ccc(CO)cc4)O3)cc2)cc1. The van der Waals surface area contributed by atoms with Gasteiger partial charge < -0.3 is 25.1 Å². The van der Waals surface area contributed by atoms with Gasteiger partial charge in [0, 0.05) is 35.6 Å². The fraction of sp³-hybridized carbons (Fsp3) is 0.231. The maximum absolute atomic E-state index is 13.6. The number of hydrogen-bond donors (Lipinski definition) is 3. The van der Waals surface area contributed by atoms with Crippen LogP contribution >= 0.6 is 11.8 Å². The number of anilines is 1. The molecule has 0 saturated carbocycles. The average molecular weight is 726 g/mol. The highest BCUT2D eigenvalue weighted by atomic mass is 32.2. The summed E-state index contributed by atoms with van der Waals surface area (Å²) >= 11 is 1.41. The summed E-state index contributed by atoms with van der Waals surface area (Å²) in [5.74, 6) is 0.0136. The van der Waals surface area contributed by atoms with Crippen LogP contribution in [0.25, 0.3) is 0 Å².